The van der Waals surface area contributed by atoms with Crippen molar-refractivity contribution in [3.63, 3.8) is 0 Å². The van der Waals surface area contributed by atoms with Crippen molar-refractivity contribution in [2.75, 3.05) is 0 Å². The van der Waals surface area contributed by atoms with Gasteiger partial charge in [0.25, 0.3) is 6.43 Å². The molecule has 0 aliphatic rings. The largest absolute Gasteiger partial charge is 0.264 e. The number of hydrogen-bond donors (Lipinski definition) is 0. The zero-order chi connectivity index (χ0) is 9.14. The monoisotopic (exact) mass is 255 g/mol. The van der Waals surface area contributed by atoms with Crippen molar-refractivity contribution < 1.29 is 8.78 Å². The van der Waals surface area contributed by atoms with E-state index in [0.717, 1.165) is 0 Å². The van der Waals surface area contributed by atoms with E-state index in [2.05, 4.69) is 20.9 Å². The zero-order valence-electron chi connectivity index (χ0n) is 5.90. The fourth-order valence-electron chi connectivity index (χ4n) is 0.787. The third-order valence-electron chi connectivity index (χ3n) is 1.37. The van der Waals surface area contributed by atoms with Crippen LogP contribution in [-0.2, 0) is 5.88 Å². The van der Waals surface area contributed by atoms with Crippen molar-refractivity contribution >= 4 is 27.5 Å². The van der Waals surface area contributed by atoms with Crippen LogP contribution in [0.1, 0.15) is 17.6 Å². The average Bonchev–Trinajstić information content (AvgIpc) is 2.04. The van der Waals surface area contributed by atoms with Crippen LogP contribution in [0.5, 0.6) is 0 Å². The normalized spacial score (nSPS) is 10.8. The van der Waals surface area contributed by atoms with Crippen molar-refractivity contribution in [3.8, 4) is 0 Å². The van der Waals surface area contributed by atoms with Gasteiger partial charge >= 0.3 is 0 Å². The maximum Gasteiger partial charge on any atom is 0.264 e. The molecule has 1 nitrogen and oxygen atoms in total. The molecular weight excluding hydrogens is 251 g/mol. The lowest BCUT2D eigenvalue weighted by atomic mass is 10.2. The summed E-state index contributed by atoms with van der Waals surface area (Å²) in [5.74, 6) is 0.0555. The van der Waals surface area contributed by atoms with Gasteiger partial charge in [-0.25, -0.2) is 13.8 Å². The van der Waals surface area contributed by atoms with Gasteiger partial charge in [-0.3, -0.25) is 0 Å². The first-order chi connectivity index (χ1) is 5.65. The lowest BCUT2D eigenvalue weighted by molar-refractivity contribution is 0.150. The van der Waals surface area contributed by atoms with Gasteiger partial charge < -0.3 is 0 Å². The van der Waals surface area contributed by atoms with Gasteiger partial charge in [-0.15, -0.1) is 11.6 Å². The first kappa shape index (κ1) is 9.86. The van der Waals surface area contributed by atoms with Crippen LogP contribution in [0, 0.1) is 0 Å². The van der Waals surface area contributed by atoms with Crippen molar-refractivity contribution in [2.45, 2.75) is 12.3 Å². The van der Waals surface area contributed by atoms with E-state index >= 15 is 0 Å². The van der Waals surface area contributed by atoms with E-state index in [1.54, 1.807) is 0 Å². The molecule has 0 spiro atoms. The quantitative estimate of drug-likeness (QED) is 0.583. The van der Waals surface area contributed by atoms with Crippen LogP contribution in [0.2, 0.25) is 0 Å². The van der Waals surface area contributed by atoms with Crippen LogP contribution < -0.4 is 0 Å². The number of aromatic nitrogens is 1. The Morgan fingerprint density at radius 2 is 2.25 bits per heavy atom. The van der Waals surface area contributed by atoms with Crippen LogP contribution in [0.3, 0.4) is 0 Å². The Labute approximate surface area is 81.9 Å². The van der Waals surface area contributed by atoms with Crippen LogP contribution in [0.15, 0.2) is 16.9 Å². The summed E-state index contributed by atoms with van der Waals surface area (Å²) in [6.45, 7) is 0. The van der Waals surface area contributed by atoms with Crippen molar-refractivity contribution in [1.29, 1.82) is 0 Å². The highest BCUT2D eigenvalue weighted by Gasteiger charge is 2.12. The van der Waals surface area contributed by atoms with Gasteiger partial charge in [-0.1, -0.05) is 0 Å². The van der Waals surface area contributed by atoms with Gasteiger partial charge in [-0.05, 0) is 27.6 Å². The highest BCUT2D eigenvalue weighted by atomic mass is 79.9. The zero-order valence-corrected chi connectivity index (χ0v) is 8.24. The second kappa shape index (κ2) is 4.14. The molecule has 0 saturated heterocycles. The third kappa shape index (κ3) is 2.14. The Morgan fingerprint density at radius 1 is 1.58 bits per heavy atom. The molecule has 0 bridgehead atoms. The molecule has 66 valence electrons. The smallest absolute Gasteiger partial charge is 0.249 e. The number of nitrogens with zero attached hydrogens (tertiary/aromatic N) is 1. The first-order valence-corrected chi connectivity index (χ1v) is 4.46. The molecular formula is C7H5BrClF2N. The summed E-state index contributed by atoms with van der Waals surface area (Å²) in [4.78, 5) is 3.79. The van der Waals surface area contributed by atoms with Crippen LogP contribution in [-0.4, -0.2) is 4.98 Å². The van der Waals surface area contributed by atoms with Gasteiger partial charge in [0.2, 0.25) is 0 Å². The Kier molecular flexibility index (Phi) is 3.40. The van der Waals surface area contributed by atoms with E-state index < -0.39 is 6.43 Å². The number of hydrogen-bond acceptors (Lipinski definition) is 1. The first-order valence-electron chi connectivity index (χ1n) is 3.13. The fourth-order valence-corrected chi connectivity index (χ4v) is 1.36. The topological polar surface area (TPSA) is 12.9 Å². The molecule has 0 aromatic carbocycles. The molecule has 0 atom stereocenters. The molecule has 1 rings (SSSR count). The summed E-state index contributed by atoms with van der Waals surface area (Å²) in [5, 5.41) is 0. The minimum Gasteiger partial charge on any atom is -0.249 e. The number of pyridine rings is 1. The van der Waals surface area contributed by atoms with Crippen molar-refractivity contribution in [3.05, 3.63) is 28.0 Å². The molecule has 1 aromatic heterocycles. The van der Waals surface area contributed by atoms with E-state index in [-0.39, 0.29) is 11.4 Å². The van der Waals surface area contributed by atoms with E-state index in [1.165, 1.54) is 12.3 Å². The molecule has 0 unspecified atom stereocenters. The Balaban J connectivity index is 3.12. The Bertz CT molecular complexity index is 280. The highest BCUT2D eigenvalue weighted by molar-refractivity contribution is 9.10. The van der Waals surface area contributed by atoms with Gasteiger partial charge in [0.1, 0.15) is 4.60 Å². The molecule has 1 heterocycles. The lowest BCUT2D eigenvalue weighted by Crippen LogP contribution is -1.93. The predicted octanol–water partition coefficient (Wildman–Crippen LogP) is 3.52. The number of rotatable bonds is 2. The summed E-state index contributed by atoms with van der Waals surface area (Å²) in [6.07, 6.45) is -1.16. The van der Waals surface area contributed by atoms with E-state index in [4.69, 9.17) is 11.6 Å². The molecule has 0 amide bonds. The molecule has 0 fully saturated rings. The Morgan fingerprint density at radius 3 is 2.75 bits per heavy atom. The van der Waals surface area contributed by atoms with Gasteiger partial charge in [0.15, 0.2) is 0 Å². The summed E-state index contributed by atoms with van der Waals surface area (Å²) in [5.41, 5.74) is 0.307. The van der Waals surface area contributed by atoms with Crippen LogP contribution >= 0.6 is 27.5 Å². The van der Waals surface area contributed by atoms with Crippen molar-refractivity contribution in [1.82, 2.24) is 4.98 Å². The average molecular weight is 256 g/mol. The van der Waals surface area contributed by atoms with E-state index in [9.17, 15) is 8.78 Å². The molecule has 12 heavy (non-hydrogen) atoms. The molecule has 0 aliphatic heterocycles. The highest BCUT2D eigenvalue weighted by Crippen LogP contribution is 2.25. The number of halogens is 4. The molecule has 1 aromatic rings. The molecule has 0 N–H and O–H groups in total. The summed E-state index contributed by atoms with van der Waals surface area (Å²) < 4.78 is 25.0. The summed E-state index contributed by atoms with van der Waals surface area (Å²) >= 11 is 8.45. The van der Waals surface area contributed by atoms with Crippen LogP contribution in [0.4, 0.5) is 8.78 Å². The third-order valence-corrected chi connectivity index (χ3v) is 2.09. The van der Waals surface area contributed by atoms with E-state index in [1.807, 2.05) is 0 Å². The predicted molar refractivity (Wildman–Crippen MR) is 46.5 cm³/mol. The van der Waals surface area contributed by atoms with E-state index in [0.29, 0.717) is 10.2 Å². The standard InChI is InChI=1S/C7H5BrClF2N/c8-6-1-5(7(10)11)4(2-9)3-12-6/h1,3,7H,2H2. The minimum atomic E-state index is -2.50. The summed E-state index contributed by atoms with van der Waals surface area (Å²) in [6, 6.07) is 1.28. The van der Waals surface area contributed by atoms with Crippen molar-refractivity contribution in [2.24, 2.45) is 0 Å². The van der Waals surface area contributed by atoms with Gasteiger partial charge in [0, 0.05) is 17.6 Å². The fraction of sp³-hybridized carbons (Fsp3) is 0.286. The van der Waals surface area contributed by atoms with Crippen LogP contribution in [0.25, 0.3) is 0 Å². The summed E-state index contributed by atoms with van der Waals surface area (Å²) in [7, 11) is 0. The number of alkyl halides is 3. The second-order valence-corrected chi connectivity index (χ2v) is 3.22. The second-order valence-electron chi connectivity index (χ2n) is 2.14. The minimum absolute atomic E-state index is 0.0555. The molecule has 0 aliphatic carbocycles. The maximum absolute atomic E-state index is 12.3. The molecule has 0 radical (unpaired) electrons. The molecule has 5 heteroatoms. The lowest BCUT2D eigenvalue weighted by Gasteiger charge is -2.04. The molecule has 0 saturated carbocycles. The van der Waals surface area contributed by atoms with Gasteiger partial charge in [-0.2, -0.15) is 0 Å². The SMILES string of the molecule is FC(F)c1cc(Br)ncc1CCl. The Hall–Kier alpha value is -0.220. The van der Waals surface area contributed by atoms with Gasteiger partial charge in [0.05, 0.1) is 0 Å². The maximum atomic E-state index is 12.3.